The van der Waals surface area contributed by atoms with Crippen LogP contribution in [0.3, 0.4) is 0 Å². The van der Waals surface area contributed by atoms with Gasteiger partial charge in [-0.3, -0.25) is 4.79 Å². The van der Waals surface area contributed by atoms with E-state index in [1.807, 2.05) is 24.3 Å². The summed E-state index contributed by atoms with van der Waals surface area (Å²) < 4.78 is 7.07. The molecule has 1 aliphatic carbocycles. The predicted molar refractivity (Wildman–Crippen MR) is 121 cm³/mol. The molecule has 0 unspecified atom stereocenters. The highest BCUT2D eigenvalue weighted by Gasteiger charge is 2.66. The summed E-state index contributed by atoms with van der Waals surface area (Å²) in [6.07, 6.45) is -0.148. The van der Waals surface area contributed by atoms with Crippen LogP contribution in [-0.4, -0.2) is 41.2 Å². The van der Waals surface area contributed by atoms with E-state index in [1.165, 1.54) is 0 Å². The quantitative estimate of drug-likeness (QED) is 0.581. The van der Waals surface area contributed by atoms with Crippen molar-refractivity contribution in [1.29, 1.82) is 0 Å². The zero-order chi connectivity index (χ0) is 22.1. The van der Waals surface area contributed by atoms with E-state index in [1.54, 1.807) is 29.2 Å². The molecule has 5 nitrogen and oxygen atoms in total. The summed E-state index contributed by atoms with van der Waals surface area (Å²) in [6, 6.07) is 14.4. The molecule has 1 fully saturated rings. The summed E-state index contributed by atoms with van der Waals surface area (Å²) in [5.74, 6) is 0.598. The molecule has 0 saturated heterocycles. The van der Waals surface area contributed by atoms with Crippen LogP contribution in [0, 0.1) is 17.4 Å². The van der Waals surface area contributed by atoms with Gasteiger partial charge in [0.2, 0.25) is 5.69 Å². The number of hydrogen-bond donors (Lipinski definition) is 1. The molecule has 1 amide bonds. The molecule has 0 aromatic heterocycles. The van der Waals surface area contributed by atoms with Crippen molar-refractivity contribution >= 4 is 27.5 Å². The molecule has 1 N–H and O–H groups in total. The summed E-state index contributed by atoms with van der Waals surface area (Å²) >= 11 is 3.42. The van der Waals surface area contributed by atoms with E-state index in [9.17, 15) is 9.90 Å². The van der Waals surface area contributed by atoms with Crippen molar-refractivity contribution in [1.82, 2.24) is 4.90 Å². The van der Waals surface area contributed by atoms with Gasteiger partial charge in [-0.05, 0) is 24.3 Å². The third-order valence-corrected chi connectivity index (χ3v) is 6.62. The van der Waals surface area contributed by atoms with Crippen LogP contribution < -0.4 is 4.74 Å². The highest BCUT2D eigenvalue weighted by atomic mass is 79.9. The van der Waals surface area contributed by atoms with E-state index in [2.05, 4.69) is 48.5 Å². The largest absolute Gasteiger partial charge is 0.489 e. The Morgan fingerprint density at radius 1 is 1.17 bits per heavy atom. The molecule has 0 bridgehead atoms. The van der Waals surface area contributed by atoms with Gasteiger partial charge in [0.05, 0.1) is 13.2 Å². The van der Waals surface area contributed by atoms with Gasteiger partial charge in [-0.15, -0.1) is 0 Å². The Bertz CT molecular complexity index is 950. The minimum Gasteiger partial charge on any atom is -0.489 e. The first-order valence-corrected chi connectivity index (χ1v) is 10.7. The maximum Gasteiger partial charge on any atom is 0.254 e. The fourth-order valence-corrected chi connectivity index (χ4v) is 5.65. The van der Waals surface area contributed by atoms with Crippen molar-refractivity contribution in [2.45, 2.75) is 39.8 Å². The standard InChI is InChI=1S/C24H27BrN2O3/c1-23(2)21(27(13-14-28)20(29)16-9-7-6-8-10-16)24(3,4)22(23)30-17-11-12-19(26-5)18(25)15-17/h6-12,15,21-22,28H,13-14H2,1-4H3. The Labute approximate surface area is 186 Å². The average molecular weight is 471 g/mol. The van der Waals surface area contributed by atoms with E-state index in [-0.39, 0.29) is 42.0 Å². The maximum absolute atomic E-state index is 13.3. The third-order valence-electron chi connectivity index (χ3n) is 5.99. The molecule has 0 radical (unpaired) electrons. The highest BCUT2D eigenvalue weighted by Crippen LogP contribution is 2.58. The second-order valence-corrected chi connectivity index (χ2v) is 9.71. The first-order chi connectivity index (χ1) is 14.1. The van der Waals surface area contributed by atoms with Gasteiger partial charge in [0.15, 0.2) is 0 Å². The predicted octanol–water partition coefficient (Wildman–Crippen LogP) is 5.32. The fraction of sp³-hybridized carbons (Fsp3) is 0.417. The Balaban J connectivity index is 1.88. The number of carbonyl (C=O) groups excluding carboxylic acids is 1. The van der Waals surface area contributed by atoms with Crippen LogP contribution >= 0.6 is 15.9 Å². The molecule has 0 aliphatic heterocycles. The van der Waals surface area contributed by atoms with Gasteiger partial charge in [0.1, 0.15) is 11.9 Å². The molecular formula is C24H27BrN2O3. The third kappa shape index (κ3) is 3.84. The van der Waals surface area contributed by atoms with Crippen LogP contribution in [0.4, 0.5) is 5.69 Å². The summed E-state index contributed by atoms with van der Waals surface area (Å²) in [7, 11) is 0. The number of hydrogen-bond acceptors (Lipinski definition) is 3. The number of benzene rings is 2. The van der Waals surface area contributed by atoms with Crippen molar-refractivity contribution in [2.75, 3.05) is 13.2 Å². The second-order valence-electron chi connectivity index (χ2n) is 8.86. The molecule has 6 heteroatoms. The molecule has 2 aromatic rings. The zero-order valence-electron chi connectivity index (χ0n) is 17.7. The molecular weight excluding hydrogens is 444 g/mol. The topological polar surface area (TPSA) is 54.1 Å². The fourth-order valence-electron chi connectivity index (χ4n) is 5.21. The van der Waals surface area contributed by atoms with Crippen LogP contribution in [0.25, 0.3) is 4.85 Å². The van der Waals surface area contributed by atoms with Crippen LogP contribution in [0.5, 0.6) is 5.75 Å². The van der Waals surface area contributed by atoms with Gasteiger partial charge >= 0.3 is 0 Å². The molecule has 1 aliphatic rings. The molecule has 1 saturated carbocycles. The monoisotopic (exact) mass is 470 g/mol. The van der Waals surface area contributed by atoms with E-state index < -0.39 is 0 Å². The summed E-state index contributed by atoms with van der Waals surface area (Å²) in [4.78, 5) is 18.5. The number of amides is 1. The number of carbonyl (C=O) groups is 1. The van der Waals surface area contributed by atoms with Gasteiger partial charge in [-0.1, -0.05) is 67.9 Å². The number of ether oxygens (including phenoxy) is 1. The van der Waals surface area contributed by atoms with Crippen molar-refractivity contribution < 1.29 is 14.6 Å². The Hall–Kier alpha value is -2.36. The lowest BCUT2D eigenvalue weighted by atomic mass is 9.48. The molecule has 0 spiro atoms. The minimum absolute atomic E-state index is 0.0848. The van der Waals surface area contributed by atoms with Gasteiger partial charge in [0.25, 0.3) is 5.91 Å². The molecule has 3 rings (SSSR count). The Morgan fingerprint density at radius 3 is 2.33 bits per heavy atom. The Kier molecular flexibility index (Phi) is 6.26. The lowest BCUT2D eigenvalue weighted by Crippen LogP contribution is -2.75. The Morgan fingerprint density at radius 2 is 1.80 bits per heavy atom. The van der Waals surface area contributed by atoms with Gasteiger partial charge in [0, 0.05) is 33.5 Å². The maximum atomic E-state index is 13.3. The minimum atomic E-state index is -0.339. The van der Waals surface area contributed by atoms with E-state index in [0.717, 1.165) is 0 Å². The highest BCUT2D eigenvalue weighted by molar-refractivity contribution is 9.10. The van der Waals surface area contributed by atoms with Crippen LogP contribution in [0.15, 0.2) is 53.0 Å². The second kappa shape index (κ2) is 8.41. The van der Waals surface area contributed by atoms with Crippen LogP contribution in [0.1, 0.15) is 38.1 Å². The van der Waals surface area contributed by atoms with Crippen molar-refractivity contribution in [3.05, 3.63) is 70.0 Å². The van der Waals surface area contributed by atoms with Gasteiger partial charge < -0.3 is 14.7 Å². The first-order valence-electron chi connectivity index (χ1n) is 9.95. The summed E-state index contributed by atoms with van der Waals surface area (Å²) in [5, 5.41) is 9.67. The van der Waals surface area contributed by atoms with E-state index in [0.29, 0.717) is 21.5 Å². The zero-order valence-corrected chi connectivity index (χ0v) is 19.3. The van der Waals surface area contributed by atoms with Crippen molar-refractivity contribution in [3.8, 4) is 5.75 Å². The molecule has 30 heavy (non-hydrogen) atoms. The number of rotatable bonds is 6. The number of halogens is 1. The summed E-state index contributed by atoms with van der Waals surface area (Å²) in [5.41, 5.74) is 0.470. The van der Waals surface area contributed by atoms with Gasteiger partial charge in [-0.25, -0.2) is 4.85 Å². The molecule has 158 valence electrons. The molecule has 2 aromatic carbocycles. The van der Waals surface area contributed by atoms with Crippen molar-refractivity contribution in [3.63, 3.8) is 0 Å². The number of aliphatic hydroxyl groups is 1. The SMILES string of the molecule is [C-]#[N+]c1ccc(OC2C(C)(C)C(N(CCO)C(=O)c3ccccc3)C2(C)C)cc1Br. The smallest absolute Gasteiger partial charge is 0.254 e. The van der Waals surface area contributed by atoms with Crippen LogP contribution in [0.2, 0.25) is 0 Å². The van der Waals surface area contributed by atoms with Gasteiger partial charge in [-0.2, -0.15) is 0 Å². The van der Waals surface area contributed by atoms with Crippen molar-refractivity contribution in [2.24, 2.45) is 10.8 Å². The molecule has 0 atom stereocenters. The summed E-state index contributed by atoms with van der Waals surface area (Å²) in [6.45, 7) is 15.7. The lowest BCUT2D eigenvalue weighted by Gasteiger charge is -2.65. The molecule has 0 heterocycles. The number of nitrogens with zero attached hydrogens (tertiary/aromatic N) is 2. The van der Waals surface area contributed by atoms with E-state index in [4.69, 9.17) is 11.3 Å². The lowest BCUT2D eigenvalue weighted by molar-refractivity contribution is -0.200. The number of aliphatic hydroxyl groups excluding tert-OH is 1. The first kappa shape index (κ1) is 22.3. The normalized spacial score (nSPS) is 21.2. The van der Waals surface area contributed by atoms with Crippen LogP contribution in [-0.2, 0) is 0 Å². The average Bonchev–Trinajstić information content (AvgIpc) is 2.71. The van der Waals surface area contributed by atoms with E-state index >= 15 is 0 Å².